The molecule has 63 heavy (non-hydrogen) atoms. The Bertz CT molecular complexity index is 1530. The molecular formula is C45H71N3O14S. The Hall–Kier alpha value is -3.24. The lowest BCUT2D eigenvalue weighted by Crippen LogP contribution is -2.68. The Morgan fingerprint density at radius 1 is 0.762 bits per heavy atom. The first-order chi connectivity index (χ1) is 30.6. The van der Waals surface area contributed by atoms with E-state index in [1.807, 2.05) is 30.3 Å². The van der Waals surface area contributed by atoms with Crippen LogP contribution in [0.3, 0.4) is 0 Å². The number of ether oxygens (including phenoxy) is 7. The van der Waals surface area contributed by atoms with E-state index in [0.717, 1.165) is 24.2 Å². The lowest BCUT2D eigenvalue weighted by atomic mass is 9.88. The molecule has 2 amide bonds. The van der Waals surface area contributed by atoms with Gasteiger partial charge in [0.1, 0.15) is 12.2 Å². The standard InChI is InChI=1S/C45H71N3O14S/c1-3-4-5-9-17-46-18-20-56-21-22-57-23-24-58-25-26-59-27-28-60-29-31-63-30-10-19-61-45(44(54)55)32-38(50)40(48-34(2)49)42(62-45)41(52)39(51)33-47-43(53)37-15-13-36(14-16-37)35-11-7-6-8-12-35/h6-8,11-16,38-42,46,50-52H,3-5,9-10,17-33H2,1-2H3,(H,47,53)(H,48,49)(H,54,55)/t38-,39+,40+,41+,42+,45+/m0/s1. The van der Waals surface area contributed by atoms with E-state index in [1.54, 1.807) is 36.0 Å². The van der Waals surface area contributed by atoms with Crippen LogP contribution in [0, 0.1) is 0 Å². The van der Waals surface area contributed by atoms with E-state index in [-0.39, 0.29) is 6.61 Å². The zero-order chi connectivity index (χ0) is 45.5. The number of thioether (sulfide) groups is 1. The number of hydrogen-bond donors (Lipinski definition) is 7. The average Bonchev–Trinajstić information content (AvgIpc) is 3.28. The minimum atomic E-state index is -2.38. The normalized spacial score (nSPS) is 19.7. The van der Waals surface area contributed by atoms with Crippen LogP contribution in [0.5, 0.6) is 0 Å². The Labute approximate surface area is 376 Å². The van der Waals surface area contributed by atoms with Crippen LogP contribution >= 0.6 is 11.8 Å². The number of nitrogens with one attached hydrogen (secondary N) is 3. The molecule has 2 aromatic carbocycles. The van der Waals surface area contributed by atoms with Crippen LogP contribution in [0.2, 0.25) is 0 Å². The smallest absolute Gasteiger partial charge is 0.364 e. The highest BCUT2D eigenvalue weighted by atomic mass is 32.2. The van der Waals surface area contributed by atoms with Crippen molar-refractivity contribution in [3.63, 3.8) is 0 Å². The first-order valence-electron chi connectivity index (χ1n) is 22.0. The van der Waals surface area contributed by atoms with Gasteiger partial charge in [0.05, 0.1) is 90.9 Å². The molecule has 2 aromatic rings. The predicted octanol–water partition coefficient (Wildman–Crippen LogP) is 2.63. The molecule has 0 aromatic heterocycles. The van der Waals surface area contributed by atoms with Gasteiger partial charge in [-0.25, -0.2) is 4.79 Å². The number of benzene rings is 2. The molecule has 0 saturated carbocycles. The van der Waals surface area contributed by atoms with Crippen molar-refractivity contribution in [1.29, 1.82) is 0 Å². The summed E-state index contributed by atoms with van der Waals surface area (Å²) in [5, 5.41) is 51.8. The molecule has 356 valence electrons. The summed E-state index contributed by atoms with van der Waals surface area (Å²) in [6.07, 6.45) is -1.77. The van der Waals surface area contributed by atoms with E-state index in [2.05, 4.69) is 22.9 Å². The number of rotatable bonds is 36. The quantitative estimate of drug-likeness (QED) is 0.0487. The lowest BCUT2D eigenvalue weighted by molar-refractivity contribution is -0.310. The number of carboxylic acids is 1. The molecule has 6 atom stereocenters. The maximum absolute atomic E-state index is 12.9. The third kappa shape index (κ3) is 21.5. The van der Waals surface area contributed by atoms with Crippen molar-refractivity contribution in [1.82, 2.24) is 16.0 Å². The van der Waals surface area contributed by atoms with Gasteiger partial charge in [0, 0.05) is 37.8 Å². The summed E-state index contributed by atoms with van der Waals surface area (Å²) >= 11 is 1.58. The third-order valence-electron chi connectivity index (χ3n) is 9.98. The van der Waals surface area contributed by atoms with Gasteiger partial charge in [-0.1, -0.05) is 68.7 Å². The van der Waals surface area contributed by atoms with E-state index in [0.29, 0.717) is 89.6 Å². The van der Waals surface area contributed by atoms with E-state index in [4.69, 9.17) is 33.2 Å². The number of carbonyl (C=O) groups excluding carboxylic acids is 2. The summed E-state index contributed by atoms with van der Waals surface area (Å²) in [5.74, 6) is -3.74. The van der Waals surface area contributed by atoms with Crippen molar-refractivity contribution in [2.75, 3.05) is 104 Å². The molecule has 0 bridgehead atoms. The molecule has 1 fully saturated rings. The van der Waals surface area contributed by atoms with Crippen LogP contribution in [0.15, 0.2) is 54.6 Å². The number of aliphatic hydroxyl groups is 3. The largest absolute Gasteiger partial charge is 0.477 e. The number of unbranched alkanes of at least 4 members (excludes halogenated alkanes) is 3. The van der Waals surface area contributed by atoms with Gasteiger partial charge in [0.15, 0.2) is 0 Å². The van der Waals surface area contributed by atoms with Gasteiger partial charge in [0.25, 0.3) is 11.7 Å². The maximum Gasteiger partial charge on any atom is 0.364 e. The summed E-state index contributed by atoms with van der Waals surface area (Å²) in [6.45, 7) is 9.79. The van der Waals surface area contributed by atoms with Gasteiger partial charge < -0.3 is 69.5 Å². The van der Waals surface area contributed by atoms with Crippen LogP contribution in [-0.2, 0) is 42.7 Å². The minimum absolute atomic E-state index is 0.0596. The van der Waals surface area contributed by atoms with Crippen molar-refractivity contribution in [2.45, 2.75) is 88.6 Å². The molecule has 1 aliphatic heterocycles. The van der Waals surface area contributed by atoms with Crippen molar-refractivity contribution in [3.05, 3.63) is 60.2 Å². The van der Waals surface area contributed by atoms with Gasteiger partial charge in [0.2, 0.25) is 5.91 Å². The third-order valence-corrected chi connectivity index (χ3v) is 11.0. The molecule has 1 heterocycles. The second kappa shape index (κ2) is 32.4. The van der Waals surface area contributed by atoms with E-state index in [1.165, 1.54) is 32.6 Å². The van der Waals surface area contributed by atoms with Crippen molar-refractivity contribution in [3.8, 4) is 11.1 Å². The molecule has 3 rings (SSSR count). The second-order valence-electron chi connectivity index (χ2n) is 15.0. The summed E-state index contributed by atoms with van der Waals surface area (Å²) in [6, 6.07) is 15.1. The minimum Gasteiger partial charge on any atom is -0.477 e. The van der Waals surface area contributed by atoms with E-state index >= 15 is 0 Å². The van der Waals surface area contributed by atoms with E-state index in [9.17, 15) is 34.8 Å². The van der Waals surface area contributed by atoms with E-state index < -0.39 is 67.0 Å². The lowest BCUT2D eigenvalue weighted by Gasteiger charge is -2.46. The maximum atomic E-state index is 12.9. The first-order valence-corrected chi connectivity index (χ1v) is 23.2. The van der Waals surface area contributed by atoms with Crippen molar-refractivity contribution < 1.29 is 68.0 Å². The highest BCUT2D eigenvalue weighted by Crippen LogP contribution is 2.34. The van der Waals surface area contributed by atoms with Crippen LogP contribution in [-0.4, -0.2) is 178 Å². The van der Waals surface area contributed by atoms with Crippen molar-refractivity contribution >= 4 is 29.5 Å². The number of carboxylic acid groups (broad SMARTS) is 1. The Balaban J connectivity index is 1.26. The highest BCUT2D eigenvalue weighted by Gasteiger charge is 2.55. The van der Waals surface area contributed by atoms with Crippen LogP contribution in [0.25, 0.3) is 11.1 Å². The number of aliphatic carboxylic acids is 1. The van der Waals surface area contributed by atoms with Crippen LogP contribution < -0.4 is 16.0 Å². The van der Waals surface area contributed by atoms with Gasteiger partial charge in [-0.2, -0.15) is 11.8 Å². The Kier molecular flexibility index (Phi) is 27.8. The second-order valence-corrected chi connectivity index (χ2v) is 16.3. The fraction of sp³-hybridized carbons (Fsp3) is 0.667. The van der Waals surface area contributed by atoms with Crippen LogP contribution in [0.4, 0.5) is 0 Å². The fourth-order valence-electron chi connectivity index (χ4n) is 6.58. The van der Waals surface area contributed by atoms with Gasteiger partial charge in [-0.05, 0) is 48.4 Å². The molecule has 0 radical (unpaired) electrons. The molecule has 0 aliphatic carbocycles. The molecule has 0 spiro atoms. The summed E-state index contributed by atoms with van der Waals surface area (Å²) in [5.41, 5.74) is 2.20. The average molecular weight is 910 g/mol. The summed E-state index contributed by atoms with van der Waals surface area (Å²) < 4.78 is 39.3. The molecule has 17 nitrogen and oxygen atoms in total. The Morgan fingerprint density at radius 2 is 1.37 bits per heavy atom. The van der Waals surface area contributed by atoms with Crippen LogP contribution in [0.1, 0.15) is 62.7 Å². The monoisotopic (exact) mass is 909 g/mol. The number of amides is 2. The zero-order valence-corrected chi connectivity index (χ0v) is 37.7. The SMILES string of the molecule is CCCCCCNCCOCCOCCOCCOCCOCCSCCCO[C@]1(C(=O)O)C[C@H](O)[C@@H](NC(C)=O)[C@H]([C@H](O)[C@H](O)CNC(=O)c2ccc(-c3ccccc3)cc2)O1. The summed E-state index contributed by atoms with van der Waals surface area (Å²) in [4.78, 5) is 37.5. The number of carbonyl (C=O) groups is 3. The highest BCUT2D eigenvalue weighted by molar-refractivity contribution is 7.99. The van der Waals surface area contributed by atoms with Gasteiger partial charge in [-0.15, -0.1) is 0 Å². The molecule has 18 heteroatoms. The molecule has 1 saturated heterocycles. The van der Waals surface area contributed by atoms with Gasteiger partial charge in [-0.3, -0.25) is 9.59 Å². The Morgan fingerprint density at radius 3 is 1.97 bits per heavy atom. The van der Waals surface area contributed by atoms with Crippen molar-refractivity contribution in [2.24, 2.45) is 0 Å². The van der Waals surface area contributed by atoms with Gasteiger partial charge >= 0.3 is 5.97 Å². The molecular weight excluding hydrogens is 839 g/mol. The number of aliphatic hydroxyl groups excluding tert-OH is 3. The topological polar surface area (TPSA) is 233 Å². The molecule has 0 unspecified atom stereocenters. The summed E-state index contributed by atoms with van der Waals surface area (Å²) in [7, 11) is 0. The number of hydrogen-bond acceptors (Lipinski definition) is 15. The fourth-order valence-corrected chi connectivity index (χ4v) is 7.34. The zero-order valence-electron chi connectivity index (χ0n) is 36.9. The molecule has 7 N–H and O–H groups in total. The predicted molar refractivity (Wildman–Crippen MR) is 239 cm³/mol. The first kappa shape index (κ1) is 54.1. The molecule has 1 aliphatic rings.